The Labute approximate surface area is 176 Å². The third kappa shape index (κ3) is 6.93. The van der Waals surface area contributed by atoms with E-state index in [4.69, 9.17) is 17.2 Å². The Kier molecular flexibility index (Phi) is 8.08. The first-order chi connectivity index (χ1) is 14.1. The van der Waals surface area contributed by atoms with Gasteiger partial charge < -0.3 is 27.6 Å². The van der Waals surface area contributed by atoms with Crippen LogP contribution in [0.25, 0.3) is 0 Å². The van der Waals surface area contributed by atoms with Crippen molar-refractivity contribution in [1.82, 2.24) is 15.6 Å². The second-order valence-corrected chi connectivity index (χ2v) is 8.74. The largest absolute Gasteiger partial charge is 0.480 e. The summed E-state index contributed by atoms with van der Waals surface area (Å²) in [4.78, 5) is 27.5. The van der Waals surface area contributed by atoms with Crippen LogP contribution in [0.15, 0.2) is 34.5 Å². The van der Waals surface area contributed by atoms with Crippen LogP contribution in [0, 0.1) is 0 Å². The fourth-order valence-corrected chi connectivity index (χ4v) is 4.34. The Morgan fingerprint density at radius 3 is 2.63 bits per heavy atom. The minimum absolute atomic E-state index is 0.0458. The van der Waals surface area contributed by atoms with Crippen LogP contribution in [0.5, 0.6) is 0 Å². The number of benzene rings is 1. The van der Waals surface area contributed by atoms with Gasteiger partial charge >= 0.3 is 5.97 Å². The Balaban J connectivity index is 2.00. The lowest BCUT2D eigenvalue weighted by atomic mass is 10.1. The van der Waals surface area contributed by atoms with E-state index in [1.54, 1.807) is 6.07 Å². The van der Waals surface area contributed by atoms with Crippen molar-refractivity contribution < 1.29 is 23.1 Å². The molecule has 0 bridgehead atoms. The average molecular weight is 458 g/mol. The molecule has 0 radical (unpaired) electrons. The first-order valence-electron chi connectivity index (χ1n) is 8.70. The van der Waals surface area contributed by atoms with E-state index in [0.29, 0.717) is 13.0 Å². The summed E-state index contributed by atoms with van der Waals surface area (Å²) < 4.78 is 27.0. The number of carbonyl (C=O) groups is 2. The van der Waals surface area contributed by atoms with Gasteiger partial charge in [0.1, 0.15) is 18.0 Å². The number of nitrogens with zero attached hydrogens (tertiary/aromatic N) is 1. The van der Waals surface area contributed by atoms with Crippen molar-refractivity contribution in [3.8, 4) is 0 Å². The lowest BCUT2D eigenvalue weighted by Gasteiger charge is -2.14. The highest BCUT2D eigenvalue weighted by Crippen LogP contribution is 2.21. The normalized spacial score (nSPS) is 12.5. The fraction of sp³-hybridized carbons (Fsp3) is 0.312. The second-order valence-electron chi connectivity index (χ2n) is 6.20. The number of carbonyl (C=O) groups excluding carboxylic acids is 1. The molecule has 0 fully saturated rings. The molecule has 0 aliphatic heterocycles. The summed E-state index contributed by atoms with van der Waals surface area (Å²) in [6.45, 7) is 0.379. The van der Waals surface area contributed by atoms with Crippen molar-refractivity contribution in [3.63, 3.8) is 0 Å². The number of carboxylic acid groups (broad SMARTS) is 1. The molecule has 1 aromatic heterocycles. The standard InChI is InChI=1S/C16H23N7O5S2/c17-9-3-1-4-10(7-9)30(27,28)23-16-22-12(8-29-16)13(24)21-11(14(25)26)5-2-6-20-15(18)19/h1,3-4,7-8,11,15,20H,2,5-6,17-19H2,(H,21,24)(H,22,23)(H,25,26)/t11-/m0/s1. The molecule has 14 heteroatoms. The molecule has 1 amide bonds. The lowest BCUT2D eigenvalue weighted by molar-refractivity contribution is -0.139. The van der Waals surface area contributed by atoms with Crippen LogP contribution in [-0.4, -0.2) is 49.3 Å². The van der Waals surface area contributed by atoms with Crippen molar-refractivity contribution in [2.75, 3.05) is 17.0 Å². The molecule has 1 aromatic carbocycles. The van der Waals surface area contributed by atoms with E-state index >= 15 is 0 Å². The molecule has 30 heavy (non-hydrogen) atoms. The summed E-state index contributed by atoms with van der Waals surface area (Å²) >= 11 is 0.885. The Morgan fingerprint density at radius 2 is 2.00 bits per heavy atom. The van der Waals surface area contributed by atoms with Crippen molar-refractivity contribution in [3.05, 3.63) is 35.3 Å². The van der Waals surface area contributed by atoms with Gasteiger partial charge in [-0.05, 0) is 37.6 Å². The van der Waals surface area contributed by atoms with Crippen molar-refractivity contribution >= 4 is 44.1 Å². The van der Waals surface area contributed by atoms with E-state index in [1.165, 1.54) is 23.6 Å². The molecule has 0 aliphatic carbocycles. The molecule has 1 atom stereocenters. The highest BCUT2D eigenvalue weighted by atomic mass is 32.2. The molecule has 0 saturated heterocycles. The summed E-state index contributed by atoms with van der Waals surface area (Å²) in [5, 5.41) is 15.6. The van der Waals surface area contributed by atoms with Crippen LogP contribution in [0.2, 0.25) is 0 Å². The van der Waals surface area contributed by atoms with Gasteiger partial charge in [0.15, 0.2) is 5.13 Å². The van der Waals surface area contributed by atoms with Gasteiger partial charge in [-0.25, -0.2) is 18.2 Å². The molecule has 1 heterocycles. The molecular formula is C16H23N7O5S2. The SMILES string of the molecule is Nc1cccc(S(=O)(=O)Nc2nc(C(=O)N[C@@H](CCCNC(N)N)C(=O)O)cs2)c1. The van der Waals surface area contributed by atoms with Crippen LogP contribution < -0.4 is 32.6 Å². The zero-order chi connectivity index (χ0) is 22.3. The van der Waals surface area contributed by atoms with Crippen LogP contribution >= 0.6 is 11.3 Å². The van der Waals surface area contributed by atoms with Crippen LogP contribution in [0.1, 0.15) is 23.3 Å². The number of carboxylic acids is 1. The summed E-state index contributed by atoms with van der Waals surface area (Å²) in [5.41, 5.74) is 16.4. The summed E-state index contributed by atoms with van der Waals surface area (Å²) in [6.07, 6.45) is -0.169. The molecule has 0 saturated carbocycles. The number of nitrogens with one attached hydrogen (secondary N) is 3. The Bertz CT molecular complexity index is 993. The highest BCUT2D eigenvalue weighted by molar-refractivity contribution is 7.93. The molecule has 164 valence electrons. The average Bonchev–Trinajstić information content (AvgIpc) is 3.11. The fourth-order valence-electron chi connectivity index (χ4n) is 2.34. The number of amides is 1. The number of sulfonamides is 1. The maximum absolute atomic E-state index is 12.4. The van der Waals surface area contributed by atoms with E-state index in [2.05, 4.69) is 20.3 Å². The van der Waals surface area contributed by atoms with Gasteiger partial charge in [0.2, 0.25) is 0 Å². The number of nitrogen functional groups attached to an aromatic ring is 1. The van der Waals surface area contributed by atoms with Gasteiger partial charge in [0.05, 0.1) is 4.90 Å². The minimum Gasteiger partial charge on any atom is -0.480 e. The molecular weight excluding hydrogens is 434 g/mol. The third-order valence-corrected chi connectivity index (χ3v) is 6.00. The summed E-state index contributed by atoms with van der Waals surface area (Å²) in [6, 6.07) is 4.54. The van der Waals surface area contributed by atoms with Crippen LogP contribution in [-0.2, 0) is 14.8 Å². The minimum atomic E-state index is -3.94. The van der Waals surface area contributed by atoms with Crippen molar-refractivity contribution in [1.29, 1.82) is 0 Å². The number of aromatic nitrogens is 1. The molecule has 10 N–H and O–H groups in total. The molecule has 0 unspecified atom stereocenters. The number of hydrogen-bond donors (Lipinski definition) is 7. The van der Waals surface area contributed by atoms with Gasteiger partial charge in [0, 0.05) is 11.1 Å². The predicted molar refractivity (Wildman–Crippen MR) is 112 cm³/mol. The zero-order valence-corrected chi connectivity index (χ0v) is 17.4. The monoisotopic (exact) mass is 457 g/mol. The van der Waals surface area contributed by atoms with Gasteiger partial charge in [-0.15, -0.1) is 11.3 Å². The Hall–Kier alpha value is -2.78. The second kappa shape index (κ2) is 10.3. The first kappa shape index (κ1) is 23.5. The van der Waals surface area contributed by atoms with Crippen LogP contribution in [0.3, 0.4) is 0 Å². The van der Waals surface area contributed by atoms with Gasteiger partial charge in [-0.3, -0.25) is 14.8 Å². The zero-order valence-electron chi connectivity index (χ0n) is 15.7. The first-order valence-corrected chi connectivity index (χ1v) is 11.1. The van der Waals surface area contributed by atoms with E-state index in [-0.39, 0.29) is 27.8 Å². The number of rotatable bonds is 11. The van der Waals surface area contributed by atoms with E-state index in [1.807, 2.05) is 0 Å². The molecule has 0 aliphatic rings. The number of anilines is 2. The molecule has 12 nitrogen and oxygen atoms in total. The number of thiazole rings is 1. The Morgan fingerprint density at radius 1 is 1.27 bits per heavy atom. The van der Waals surface area contributed by atoms with Crippen molar-refractivity contribution in [2.24, 2.45) is 11.5 Å². The van der Waals surface area contributed by atoms with Gasteiger partial charge in [-0.2, -0.15) is 0 Å². The lowest BCUT2D eigenvalue weighted by Crippen LogP contribution is -2.46. The third-order valence-electron chi connectivity index (χ3n) is 3.78. The highest BCUT2D eigenvalue weighted by Gasteiger charge is 2.23. The van der Waals surface area contributed by atoms with Gasteiger partial charge in [0.25, 0.3) is 15.9 Å². The topological polar surface area (TPSA) is 216 Å². The summed E-state index contributed by atoms with van der Waals surface area (Å²) in [7, 11) is -3.94. The van der Waals surface area contributed by atoms with Crippen LogP contribution in [0.4, 0.5) is 10.8 Å². The molecule has 2 rings (SSSR count). The van der Waals surface area contributed by atoms with Crippen molar-refractivity contribution in [2.45, 2.75) is 30.1 Å². The molecule has 0 spiro atoms. The van der Waals surface area contributed by atoms with E-state index in [9.17, 15) is 23.1 Å². The van der Waals surface area contributed by atoms with E-state index < -0.39 is 34.2 Å². The maximum atomic E-state index is 12.4. The number of nitrogens with two attached hydrogens (primary N) is 3. The maximum Gasteiger partial charge on any atom is 0.326 e. The quantitative estimate of drug-likeness (QED) is 0.128. The molecule has 2 aromatic rings. The smallest absolute Gasteiger partial charge is 0.326 e. The summed E-state index contributed by atoms with van der Waals surface area (Å²) in [5.74, 6) is -1.95. The number of aliphatic carboxylic acids is 1. The van der Waals surface area contributed by atoms with Gasteiger partial charge in [-0.1, -0.05) is 6.07 Å². The van der Waals surface area contributed by atoms with E-state index in [0.717, 1.165) is 11.3 Å². The number of hydrogen-bond acceptors (Lipinski definition) is 10. The predicted octanol–water partition coefficient (Wildman–Crippen LogP) is -0.720.